The molecule has 126 valence electrons. The minimum atomic E-state index is -1.79. The Morgan fingerprint density at radius 2 is 1.77 bits per heavy atom. The highest BCUT2D eigenvalue weighted by molar-refractivity contribution is 5.79. The summed E-state index contributed by atoms with van der Waals surface area (Å²) in [5.41, 5.74) is -2.78. The fourth-order valence-corrected chi connectivity index (χ4v) is 5.43. The molecular formula is C17H28O5. The van der Waals surface area contributed by atoms with Crippen LogP contribution in [0.2, 0.25) is 0 Å². The van der Waals surface area contributed by atoms with Gasteiger partial charge in [0.25, 0.3) is 0 Å². The highest BCUT2D eigenvalue weighted by Gasteiger charge is 2.68. The number of fused-ring (bicyclic) bond motifs is 1. The molecule has 5 atom stereocenters. The van der Waals surface area contributed by atoms with Crippen LogP contribution in [-0.4, -0.2) is 33.9 Å². The van der Waals surface area contributed by atoms with Crippen LogP contribution in [0.4, 0.5) is 0 Å². The van der Waals surface area contributed by atoms with Crippen molar-refractivity contribution in [3.8, 4) is 0 Å². The first-order valence-electron chi connectivity index (χ1n) is 8.10. The van der Waals surface area contributed by atoms with Crippen LogP contribution in [0.25, 0.3) is 0 Å². The monoisotopic (exact) mass is 312 g/mol. The highest BCUT2D eigenvalue weighted by Crippen LogP contribution is 2.63. The summed E-state index contributed by atoms with van der Waals surface area (Å²) in [5, 5.41) is 20.9. The zero-order chi connectivity index (χ0) is 16.9. The second-order valence-electron chi connectivity index (χ2n) is 8.09. The molecule has 0 aliphatic heterocycles. The van der Waals surface area contributed by atoms with Gasteiger partial charge >= 0.3 is 11.9 Å². The van der Waals surface area contributed by atoms with Crippen LogP contribution in [0, 0.1) is 22.7 Å². The molecule has 5 heteroatoms. The number of esters is 1. The lowest BCUT2D eigenvalue weighted by atomic mass is 9.44. The van der Waals surface area contributed by atoms with E-state index in [9.17, 15) is 19.8 Å². The maximum atomic E-state index is 11.9. The Kier molecular flexibility index (Phi) is 4.10. The Hall–Kier alpha value is -1.10. The summed E-state index contributed by atoms with van der Waals surface area (Å²) in [6, 6.07) is 0. The molecule has 2 fully saturated rings. The molecule has 0 aromatic rings. The average Bonchev–Trinajstić information content (AvgIpc) is 2.33. The number of hydrogen-bond acceptors (Lipinski definition) is 4. The maximum absolute atomic E-state index is 11.9. The van der Waals surface area contributed by atoms with Gasteiger partial charge in [0, 0.05) is 18.3 Å². The number of rotatable bonds is 2. The smallest absolute Gasteiger partial charge is 0.336 e. The average molecular weight is 312 g/mol. The largest absolute Gasteiger partial charge is 0.479 e. The molecule has 0 bridgehead atoms. The van der Waals surface area contributed by atoms with Crippen LogP contribution >= 0.6 is 0 Å². The van der Waals surface area contributed by atoms with Gasteiger partial charge in [0.2, 0.25) is 0 Å². The summed E-state index contributed by atoms with van der Waals surface area (Å²) in [6.45, 7) is 9.16. The molecule has 1 unspecified atom stereocenters. The Bertz CT molecular complexity index is 485. The van der Waals surface area contributed by atoms with Gasteiger partial charge in [-0.3, -0.25) is 4.79 Å². The van der Waals surface area contributed by atoms with Gasteiger partial charge in [-0.15, -0.1) is 0 Å². The van der Waals surface area contributed by atoms with Crippen LogP contribution < -0.4 is 0 Å². The molecule has 2 rings (SSSR count). The van der Waals surface area contributed by atoms with E-state index in [1.165, 1.54) is 6.92 Å². The Morgan fingerprint density at radius 1 is 1.18 bits per heavy atom. The molecule has 2 aliphatic rings. The van der Waals surface area contributed by atoms with Crippen LogP contribution in [0.15, 0.2) is 0 Å². The van der Waals surface area contributed by atoms with E-state index >= 15 is 0 Å². The molecule has 0 amide bonds. The predicted molar refractivity (Wildman–Crippen MR) is 81.1 cm³/mol. The normalized spacial score (nSPS) is 44.0. The third-order valence-electron chi connectivity index (χ3n) is 6.23. The van der Waals surface area contributed by atoms with Gasteiger partial charge in [-0.2, -0.15) is 0 Å². The van der Waals surface area contributed by atoms with Gasteiger partial charge in [0.05, 0.1) is 0 Å². The maximum Gasteiger partial charge on any atom is 0.336 e. The van der Waals surface area contributed by atoms with Crippen LogP contribution in [0.3, 0.4) is 0 Å². The number of hydrogen-bond donors (Lipinski definition) is 2. The first-order valence-corrected chi connectivity index (χ1v) is 8.10. The number of carbonyl (C=O) groups excluding carboxylic acids is 1. The van der Waals surface area contributed by atoms with Gasteiger partial charge in [-0.25, -0.2) is 4.79 Å². The third-order valence-corrected chi connectivity index (χ3v) is 6.23. The van der Waals surface area contributed by atoms with Gasteiger partial charge in [-0.1, -0.05) is 34.1 Å². The van der Waals surface area contributed by atoms with Crippen molar-refractivity contribution in [3.63, 3.8) is 0 Å². The fraction of sp³-hybridized carbons (Fsp3) is 0.882. The fourth-order valence-electron chi connectivity index (χ4n) is 5.43. The minimum Gasteiger partial charge on any atom is -0.479 e. The number of carbonyl (C=O) groups is 2. The Labute approximate surface area is 132 Å². The molecule has 2 aliphatic carbocycles. The summed E-state index contributed by atoms with van der Waals surface area (Å²) in [5.74, 6) is -2.15. The summed E-state index contributed by atoms with van der Waals surface area (Å²) < 4.78 is 5.56. The Morgan fingerprint density at radius 3 is 2.27 bits per heavy atom. The van der Waals surface area contributed by atoms with Crippen molar-refractivity contribution in [2.45, 2.75) is 72.0 Å². The van der Waals surface area contributed by atoms with Gasteiger partial charge in [-0.05, 0) is 30.6 Å². The lowest BCUT2D eigenvalue weighted by Gasteiger charge is -2.62. The zero-order valence-corrected chi connectivity index (χ0v) is 14.2. The second kappa shape index (κ2) is 5.22. The molecule has 5 nitrogen and oxygen atoms in total. The number of carboxylic acid groups (broad SMARTS) is 1. The second-order valence-corrected chi connectivity index (χ2v) is 8.09. The van der Waals surface area contributed by atoms with E-state index in [0.29, 0.717) is 12.8 Å². The number of carboxylic acids is 1. The molecular weight excluding hydrogens is 284 g/mol. The molecule has 0 saturated heterocycles. The van der Waals surface area contributed by atoms with Crippen molar-refractivity contribution in [1.29, 1.82) is 0 Å². The van der Waals surface area contributed by atoms with Crippen molar-refractivity contribution in [2.24, 2.45) is 22.7 Å². The van der Waals surface area contributed by atoms with Crippen molar-refractivity contribution < 1.29 is 24.5 Å². The number of ether oxygens (including phenoxy) is 1. The van der Waals surface area contributed by atoms with Crippen molar-refractivity contribution in [2.75, 3.05) is 0 Å². The van der Waals surface area contributed by atoms with E-state index in [1.54, 1.807) is 6.92 Å². The minimum absolute atomic E-state index is 0.171. The molecule has 0 heterocycles. The van der Waals surface area contributed by atoms with E-state index in [4.69, 9.17) is 4.74 Å². The van der Waals surface area contributed by atoms with Crippen molar-refractivity contribution in [1.82, 2.24) is 0 Å². The van der Waals surface area contributed by atoms with E-state index < -0.39 is 22.9 Å². The topological polar surface area (TPSA) is 83.8 Å². The van der Waals surface area contributed by atoms with E-state index in [1.807, 2.05) is 6.92 Å². The van der Waals surface area contributed by atoms with Crippen molar-refractivity contribution >= 4 is 11.9 Å². The molecule has 0 spiro atoms. The predicted octanol–water partition coefficient (Wildman–Crippen LogP) is 2.61. The number of aliphatic carboxylic acids is 1. The first kappa shape index (κ1) is 17.3. The van der Waals surface area contributed by atoms with E-state index in [0.717, 1.165) is 12.8 Å². The molecule has 2 N–H and O–H groups in total. The van der Waals surface area contributed by atoms with Gasteiger partial charge in [0.1, 0.15) is 6.10 Å². The SMILES string of the molecule is CC(=O)O[C@@H]1C[C@@H](C)C(O)(C(=O)O)[C@@]2(C)CCCC(C)(C)[C@H]12. The number of aliphatic hydroxyl groups is 1. The summed E-state index contributed by atoms with van der Waals surface area (Å²) >= 11 is 0. The van der Waals surface area contributed by atoms with Gasteiger partial charge in [0.15, 0.2) is 5.60 Å². The van der Waals surface area contributed by atoms with Gasteiger partial charge < -0.3 is 14.9 Å². The molecule has 0 radical (unpaired) electrons. The Balaban J connectivity index is 2.56. The molecule has 22 heavy (non-hydrogen) atoms. The molecule has 0 aromatic carbocycles. The third kappa shape index (κ3) is 2.25. The quantitative estimate of drug-likeness (QED) is 0.766. The first-order chi connectivity index (χ1) is 9.96. The van der Waals surface area contributed by atoms with E-state index in [-0.39, 0.29) is 23.4 Å². The summed E-state index contributed by atoms with van der Waals surface area (Å²) in [4.78, 5) is 23.4. The van der Waals surface area contributed by atoms with E-state index in [2.05, 4.69) is 13.8 Å². The standard InChI is InChI=1S/C17H28O5/c1-10-9-12(22-11(2)18)13-15(3,4)7-6-8-16(13,5)17(10,21)14(19)20/h10,12-13,21H,6-9H2,1-5H3,(H,19,20)/t10-,12-,13+,16+,17?/m1/s1. The van der Waals surface area contributed by atoms with Crippen LogP contribution in [0.5, 0.6) is 0 Å². The highest BCUT2D eigenvalue weighted by atomic mass is 16.5. The van der Waals surface area contributed by atoms with Crippen LogP contribution in [0.1, 0.15) is 60.3 Å². The van der Waals surface area contributed by atoms with Crippen molar-refractivity contribution in [3.05, 3.63) is 0 Å². The summed E-state index contributed by atoms with van der Waals surface area (Å²) in [6.07, 6.45) is 2.48. The molecule has 0 aromatic heterocycles. The van der Waals surface area contributed by atoms with Crippen LogP contribution in [-0.2, 0) is 14.3 Å². The lowest BCUT2D eigenvalue weighted by molar-refractivity contribution is -0.249. The molecule has 2 saturated carbocycles. The summed E-state index contributed by atoms with van der Waals surface area (Å²) in [7, 11) is 0. The zero-order valence-electron chi connectivity index (χ0n) is 14.2. The lowest BCUT2D eigenvalue weighted by Crippen LogP contribution is -2.69.